The van der Waals surface area contributed by atoms with Gasteiger partial charge in [-0.25, -0.2) is 4.39 Å². The molecule has 0 unspecified atom stereocenters. The van der Waals surface area contributed by atoms with Gasteiger partial charge in [0.1, 0.15) is 11.9 Å². The van der Waals surface area contributed by atoms with Gasteiger partial charge in [0.05, 0.1) is 19.4 Å². The molecule has 0 radical (unpaired) electrons. The molecule has 0 spiro atoms. The average Bonchev–Trinajstić information content (AvgIpc) is 2.38. The first kappa shape index (κ1) is 16.6. The van der Waals surface area contributed by atoms with Crippen LogP contribution in [-0.2, 0) is 25.5 Å². The molecule has 0 aromatic heterocycles. The molecule has 6 nitrogen and oxygen atoms in total. The van der Waals surface area contributed by atoms with Gasteiger partial charge in [-0.05, 0) is 24.6 Å². The Hall–Kier alpha value is -2.44. The summed E-state index contributed by atoms with van der Waals surface area (Å²) in [7, 11) is 0. The Kier molecular flexibility index (Phi) is 6.32. The Bertz CT molecular complexity index is 533. The van der Waals surface area contributed by atoms with Crippen molar-refractivity contribution in [2.24, 2.45) is 5.73 Å². The third-order valence-corrected chi connectivity index (χ3v) is 2.61. The third kappa shape index (κ3) is 6.03. The van der Waals surface area contributed by atoms with Crippen molar-refractivity contribution in [3.8, 4) is 0 Å². The van der Waals surface area contributed by atoms with E-state index in [1.54, 1.807) is 13.0 Å². The topological polar surface area (TPSA) is 98.5 Å². The number of esters is 1. The second-order valence-electron chi connectivity index (χ2n) is 4.34. The highest BCUT2D eigenvalue weighted by molar-refractivity contribution is 5.90. The first-order chi connectivity index (χ1) is 9.92. The van der Waals surface area contributed by atoms with Crippen LogP contribution in [-0.4, -0.2) is 30.4 Å². The van der Waals surface area contributed by atoms with Crippen molar-refractivity contribution >= 4 is 17.8 Å². The molecule has 1 rings (SSSR count). The quantitative estimate of drug-likeness (QED) is 0.707. The minimum absolute atomic E-state index is 0.121. The van der Waals surface area contributed by atoms with E-state index >= 15 is 0 Å². The molecule has 0 fully saturated rings. The van der Waals surface area contributed by atoms with Gasteiger partial charge in [-0.15, -0.1) is 0 Å². The Labute approximate surface area is 121 Å². The summed E-state index contributed by atoms with van der Waals surface area (Å²) in [4.78, 5) is 34.3. The summed E-state index contributed by atoms with van der Waals surface area (Å²) in [5, 5.41) is 2.34. The maximum atomic E-state index is 13.0. The zero-order valence-electron chi connectivity index (χ0n) is 11.6. The molecule has 0 saturated heterocycles. The monoisotopic (exact) mass is 296 g/mol. The van der Waals surface area contributed by atoms with Crippen LogP contribution >= 0.6 is 0 Å². The fourth-order valence-electron chi connectivity index (χ4n) is 1.69. The van der Waals surface area contributed by atoms with Crippen molar-refractivity contribution < 1.29 is 23.5 Å². The summed E-state index contributed by atoms with van der Waals surface area (Å²) in [6, 6.07) is 4.37. The summed E-state index contributed by atoms with van der Waals surface area (Å²) < 4.78 is 17.7. The molecule has 1 aromatic rings. The maximum Gasteiger partial charge on any atom is 0.308 e. The van der Waals surface area contributed by atoms with Gasteiger partial charge >= 0.3 is 5.97 Å². The van der Waals surface area contributed by atoms with Crippen molar-refractivity contribution in [3.05, 3.63) is 35.6 Å². The number of nitrogens with two attached hydrogens (primary N) is 1. The molecule has 3 N–H and O–H groups in total. The zero-order valence-corrected chi connectivity index (χ0v) is 11.6. The molecule has 0 aliphatic heterocycles. The molecule has 0 aliphatic carbocycles. The Morgan fingerprint density at radius 3 is 2.67 bits per heavy atom. The van der Waals surface area contributed by atoms with Crippen molar-refractivity contribution in [1.29, 1.82) is 0 Å². The third-order valence-electron chi connectivity index (χ3n) is 2.61. The molecule has 0 bridgehead atoms. The summed E-state index contributed by atoms with van der Waals surface area (Å²) in [5.74, 6) is -2.46. The normalized spacial score (nSPS) is 11.5. The molecule has 114 valence electrons. The van der Waals surface area contributed by atoms with E-state index in [1.165, 1.54) is 18.2 Å². The van der Waals surface area contributed by atoms with E-state index < -0.39 is 29.6 Å². The van der Waals surface area contributed by atoms with Gasteiger partial charge in [-0.2, -0.15) is 0 Å². The number of primary amides is 1. The minimum atomic E-state index is -1.15. The first-order valence-electron chi connectivity index (χ1n) is 6.41. The number of rotatable bonds is 7. The van der Waals surface area contributed by atoms with E-state index in [0.717, 1.165) is 0 Å². The molecule has 0 aliphatic rings. The van der Waals surface area contributed by atoms with E-state index in [4.69, 9.17) is 10.5 Å². The lowest BCUT2D eigenvalue weighted by atomic mass is 10.1. The maximum absolute atomic E-state index is 13.0. The summed E-state index contributed by atoms with van der Waals surface area (Å²) >= 11 is 0. The number of halogens is 1. The SMILES string of the molecule is CCOC(=O)C[C@@H](NC(=O)Cc1cccc(F)c1)C(N)=O. The molecule has 1 aromatic carbocycles. The Morgan fingerprint density at radius 1 is 1.38 bits per heavy atom. The molecule has 21 heavy (non-hydrogen) atoms. The number of nitrogens with one attached hydrogen (secondary N) is 1. The number of ether oxygens (including phenoxy) is 1. The van der Waals surface area contributed by atoms with Gasteiger partial charge in [-0.1, -0.05) is 12.1 Å². The molecule has 7 heteroatoms. The molecular formula is C14H17FN2O4. The molecule has 0 heterocycles. The lowest BCUT2D eigenvalue weighted by molar-refractivity contribution is -0.145. The highest BCUT2D eigenvalue weighted by atomic mass is 19.1. The first-order valence-corrected chi connectivity index (χ1v) is 6.41. The fraction of sp³-hybridized carbons (Fsp3) is 0.357. The Morgan fingerprint density at radius 2 is 2.10 bits per heavy atom. The van der Waals surface area contributed by atoms with Crippen molar-refractivity contribution in [3.63, 3.8) is 0 Å². The minimum Gasteiger partial charge on any atom is -0.466 e. The number of amides is 2. The van der Waals surface area contributed by atoms with Gasteiger partial charge in [-0.3, -0.25) is 14.4 Å². The number of hydrogen-bond acceptors (Lipinski definition) is 4. The predicted molar refractivity (Wildman–Crippen MR) is 72.5 cm³/mol. The van der Waals surface area contributed by atoms with E-state index in [2.05, 4.69) is 5.32 Å². The summed E-state index contributed by atoms with van der Waals surface area (Å²) in [6.45, 7) is 1.79. The van der Waals surface area contributed by atoms with Crippen LogP contribution in [0.4, 0.5) is 4.39 Å². The molecule has 0 saturated carbocycles. The molecule has 1 atom stereocenters. The van der Waals surface area contributed by atoms with Crippen molar-refractivity contribution in [2.45, 2.75) is 25.8 Å². The van der Waals surface area contributed by atoms with Crippen LogP contribution in [0, 0.1) is 5.82 Å². The van der Waals surface area contributed by atoms with Crippen LogP contribution in [0.25, 0.3) is 0 Å². The fourth-order valence-corrected chi connectivity index (χ4v) is 1.69. The summed E-state index contributed by atoms with van der Waals surface area (Å²) in [6.07, 6.45) is -0.456. The number of carbonyl (C=O) groups excluding carboxylic acids is 3. The second kappa shape index (κ2) is 7.98. The van der Waals surface area contributed by atoms with Crippen LogP contribution in [0.1, 0.15) is 18.9 Å². The lowest BCUT2D eigenvalue weighted by Gasteiger charge is -2.14. The van der Waals surface area contributed by atoms with Gasteiger partial charge in [0.2, 0.25) is 11.8 Å². The number of benzene rings is 1. The zero-order chi connectivity index (χ0) is 15.8. The van der Waals surface area contributed by atoms with E-state index in [9.17, 15) is 18.8 Å². The van der Waals surface area contributed by atoms with Gasteiger partial charge in [0, 0.05) is 0 Å². The van der Waals surface area contributed by atoms with E-state index in [-0.39, 0.29) is 19.4 Å². The van der Waals surface area contributed by atoms with E-state index in [0.29, 0.717) is 5.56 Å². The largest absolute Gasteiger partial charge is 0.466 e. The van der Waals surface area contributed by atoms with E-state index in [1.807, 2.05) is 0 Å². The predicted octanol–water partition coefficient (Wildman–Crippen LogP) is 0.291. The van der Waals surface area contributed by atoms with Crippen LogP contribution < -0.4 is 11.1 Å². The Balaban J connectivity index is 2.60. The second-order valence-corrected chi connectivity index (χ2v) is 4.34. The highest BCUT2D eigenvalue weighted by Crippen LogP contribution is 2.05. The summed E-state index contributed by atoms with van der Waals surface area (Å²) in [5.41, 5.74) is 5.58. The average molecular weight is 296 g/mol. The number of carbonyl (C=O) groups is 3. The number of hydrogen-bond donors (Lipinski definition) is 2. The van der Waals surface area contributed by atoms with Crippen molar-refractivity contribution in [1.82, 2.24) is 5.32 Å². The van der Waals surface area contributed by atoms with Crippen LogP contribution in [0.5, 0.6) is 0 Å². The van der Waals surface area contributed by atoms with Gasteiger partial charge in [0.25, 0.3) is 0 Å². The van der Waals surface area contributed by atoms with Crippen molar-refractivity contribution in [2.75, 3.05) is 6.61 Å². The lowest BCUT2D eigenvalue weighted by Crippen LogP contribution is -2.46. The van der Waals surface area contributed by atoms with Crippen LogP contribution in [0.2, 0.25) is 0 Å². The molecule has 2 amide bonds. The van der Waals surface area contributed by atoms with Crippen LogP contribution in [0.15, 0.2) is 24.3 Å². The van der Waals surface area contributed by atoms with Gasteiger partial charge < -0.3 is 15.8 Å². The standard InChI is InChI=1S/C14H17FN2O4/c1-2-21-13(19)8-11(14(16)20)17-12(18)7-9-4-3-5-10(15)6-9/h3-6,11H,2,7-8H2,1H3,(H2,16,20)(H,17,18)/t11-/m1/s1. The highest BCUT2D eigenvalue weighted by Gasteiger charge is 2.22. The van der Waals surface area contributed by atoms with Crippen LogP contribution in [0.3, 0.4) is 0 Å². The molecular weight excluding hydrogens is 279 g/mol. The smallest absolute Gasteiger partial charge is 0.308 e. The van der Waals surface area contributed by atoms with Gasteiger partial charge in [0.15, 0.2) is 0 Å².